The Morgan fingerprint density at radius 1 is 1.10 bits per heavy atom. The average molecular weight is 409 g/mol. The lowest BCUT2D eigenvalue weighted by Crippen LogP contribution is -2.39. The highest BCUT2D eigenvalue weighted by Crippen LogP contribution is 2.16. The summed E-state index contributed by atoms with van der Waals surface area (Å²) in [5.41, 5.74) is 5.07. The largest absolute Gasteiger partial charge is 0.379 e. The molecule has 160 valence electrons. The minimum absolute atomic E-state index is 0.167. The Morgan fingerprint density at radius 3 is 2.50 bits per heavy atom. The minimum Gasteiger partial charge on any atom is -0.379 e. The van der Waals surface area contributed by atoms with Gasteiger partial charge >= 0.3 is 0 Å². The first-order valence-electron chi connectivity index (χ1n) is 10.6. The molecule has 1 saturated heterocycles. The number of rotatable bonds is 6. The molecule has 0 unspecified atom stereocenters. The van der Waals surface area contributed by atoms with Crippen LogP contribution in [0.2, 0.25) is 0 Å². The van der Waals surface area contributed by atoms with Crippen LogP contribution >= 0.6 is 0 Å². The van der Waals surface area contributed by atoms with Crippen LogP contribution in [0.5, 0.6) is 0 Å². The van der Waals surface area contributed by atoms with Gasteiger partial charge in [0.05, 0.1) is 19.8 Å². The van der Waals surface area contributed by atoms with E-state index in [1.165, 1.54) is 11.1 Å². The van der Waals surface area contributed by atoms with Crippen LogP contribution < -0.4 is 10.6 Å². The molecule has 30 heavy (non-hydrogen) atoms. The predicted molar refractivity (Wildman–Crippen MR) is 122 cm³/mol. The fourth-order valence-corrected chi connectivity index (χ4v) is 3.39. The lowest BCUT2D eigenvalue weighted by molar-refractivity contribution is 0.0394. The number of carbonyl (C=O) groups is 1. The molecule has 0 radical (unpaired) electrons. The Bertz CT molecular complexity index is 871. The number of hydrogen-bond donors (Lipinski definition) is 2. The van der Waals surface area contributed by atoms with Crippen LogP contribution in [0.15, 0.2) is 47.5 Å². The summed E-state index contributed by atoms with van der Waals surface area (Å²) in [7, 11) is 0. The number of carbonyl (C=O) groups excluding carboxylic acids is 1. The van der Waals surface area contributed by atoms with Gasteiger partial charge in [-0.25, -0.2) is 0 Å². The highest BCUT2D eigenvalue weighted by molar-refractivity contribution is 6.10. The molecule has 1 heterocycles. The second-order valence-corrected chi connectivity index (χ2v) is 7.63. The highest BCUT2D eigenvalue weighted by atomic mass is 16.5. The van der Waals surface area contributed by atoms with Crippen molar-refractivity contribution in [2.45, 2.75) is 27.2 Å². The molecule has 2 N–H and O–H groups in total. The molecule has 6 heteroatoms. The third kappa shape index (κ3) is 6.40. The van der Waals surface area contributed by atoms with Crippen molar-refractivity contribution in [2.24, 2.45) is 4.99 Å². The van der Waals surface area contributed by atoms with Gasteiger partial charge in [0, 0.05) is 30.9 Å². The summed E-state index contributed by atoms with van der Waals surface area (Å²) >= 11 is 0. The third-order valence-corrected chi connectivity index (χ3v) is 5.28. The molecular weight excluding hydrogens is 376 g/mol. The summed E-state index contributed by atoms with van der Waals surface area (Å²) in [5.74, 6) is 0.305. The minimum atomic E-state index is -0.167. The van der Waals surface area contributed by atoms with Crippen LogP contribution in [0.4, 0.5) is 5.69 Å². The Hall–Kier alpha value is -2.70. The summed E-state index contributed by atoms with van der Waals surface area (Å²) < 4.78 is 5.40. The van der Waals surface area contributed by atoms with Crippen molar-refractivity contribution in [2.75, 3.05) is 44.7 Å². The lowest BCUT2D eigenvalue weighted by Gasteiger charge is -2.25. The van der Waals surface area contributed by atoms with Gasteiger partial charge in [0.15, 0.2) is 0 Å². The van der Waals surface area contributed by atoms with Gasteiger partial charge in [-0.1, -0.05) is 36.8 Å². The number of aryl methyl sites for hydroxylation is 3. The summed E-state index contributed by atoms with van der Waals surface area (Å²) in [5, 5.41) is 6.27. The molecule has 0 bridgehead atoms. The van der Waals surface area contributed by atoms with Gasteiger partial charge in [-0.2, -0.15) is 0 Å². The zero-order valence-corrected chi connectivity index (χ0v) is 18.2. The maximum Gasteiger partial charge on any atom is 0.257 e. The number of aliphatic imine (C=N–C) groups is 1. The van der Waals surface area contributed by atoms with Crippen LogP contribution in [-0.2, 0) is 11.2 Å². The summed E-state index contributed by atoms with van der Waals surface area (Å²) in [6.45, 7) is 11.0. The van der Waals surface area contributed by atoms with Gasteiger partial charge in [0.25, 0.3) is 5.91 Å². The standard InChI is InChI=1S/C24H32N4O2/c1-4-20-6-8-21(9-7-20)23(29)27-24(25-11-12-28-13-15-30-16-14-28)26-22-10-5-18(2)17-19(22)3/h5-10,17H,4,11-16H2,1-3H3,(H2,25,26,27,29). The summed E-state index contributed by atoms with van der Waals surface area (Å²) in [4.78, 5) is 19.8. The van der Waals surface area contributed by atoms with Crippen molar-refractivity contribution in [3.05, 3.63) is 64.7 Å². The molecule has 1 aliphatic rings. The first kappa shape index (κ1) is 22.0. The SMILES string of the molecule is CCc1ccc(C(=O)NC(=NCCN2CCOCC2)Nc2ccc(C)cc2C)cc1. The smallest absolute Gasteiger partial charge is 0.257 e. The Kier molecular flexibility index (Phi) is 7.99. The fraction of sp³-hybridized carbons (Fsp3) is 0.417. The number of guanidine groups is 1. The quantitative estimate of drug-likeness (QED) is 0.568. The summed E-state index contributed by atoms with van der Waals surface area (Å²) in [6, 6.07) is 13.9. The first-order valence-corrected chi connectivity index (χ1v) is 10.6. The van der Waals surface area contributed by atoms with Crippen molar-refractivity contribution in [1.29, 1.82) is 0 Å². The van der Waals surface area contributed by atoms with Gasteiger partial charge in [-0.3, -0.25) is 20.0 Å². The van der Waals surface area contributed by atoms with E-state index in [1.54, 1.807) is 0 Å². The maximum atomic E-state index is 12.8. The first-order chi connectivity index (χ1) is 14.5. The number of amides is 1. The number of nitrogens with one attached hydrogen (secondary N) is 2. The molecule has 0 atom stereocenters. The fourth-order valence-electron chi connectivity index (χ4n) is 3.39. The zero-order chi connectivity index (χ0) is 21.3. The molecule has 6 nitrogen and oxygen atoms in total. The predicted octanol–water partition coefficient (Wildman–Crippen LogP) is 3.40. The van der Waals surface area contributed by atoms with Crippen LogP contribution in [0.1, 0.15) is 34.0 Å². The average Bonchev–Trinajstić information content (AvgIpc) is 2.76. The van der Waals surface area contributed by atoms with Crippen molar-refractivity contribution in [3.63, 3.8) is 0 Å². The monoisotopic (exact) mass is 408 g/mol. The van der Waals surface area contributed by atoms with Crippen LogP contribution in [0, 0.1) is 13.8 Å². The Morgan fingerprint density at radius 2 is 1.83 bits per heavy atom. The van der Waals surface area contributed by atoms with Gasteiger partial charge in [-0.05, 0) is 49.6 Å². The Balaban J connectivity index is 1.71. The van der Waals surface area contributed by atoms with Gasteiger partial charge < -0.3 is 10.1 Å². The number of hydrogen-bond acceptors (Lipinski definition) is 4. The molecule has 2 aromatic rings. The molecule has 1 amide bonds. The van der Waals surface area contributed by atoms with Crippen LogP contribution in [0.3, 0.4) is 0 Å². The van der Waals surface area contributed by atoms with Crippen molar-refractivity contribution < 1.29 is 9.53 Å². The number of nitrogens with zero attached hydrogens (tertiary/aromatic N) is 2. The third-order valence-electron chi connectivity index (χ3n) is 5.28. The normalized spacial score (nSPS) is 15.1. The molecular formula is C24H32N4O2. The second-order valence-electron chi connectivity index (χ2n) is 7.63. The Labute approximate surface area is 179 Å². The number of anilines is 1. The number of ether oxygens (including phenoxy) is 1. The topological polar surface area (TPSA) is 66.0 Å². The van der Waals surface area contributed by atoms with Gasteiger partial charge in [0.1, 0.15) is 0 Å². The van der Waals surface area contributed by atoms with Gasteiger partial charge in [0.2, 0.25) is 5.96 Å². The van der Waals surface area contributed by atoms with Crippen LogP contribution in [-0.4, -0.2) is 56.2 Å². The van der Waals surface area contributed by atoms with E-state index in [2.05, 4.69) is 40.4 Å². The van der Waals surface area contributed by atoms with E-state index in [9.17, 15) is 4.79 Å². The van der Waals surface area contributed by atoms with Crippen molar-refractivity contribution in [1.82, 2.24) is 10.2 Å². The second kappa shape index (κ2) is 10.9. The van der Waals surface area contributed by atoms with E-state index >= 15 is 0 Å². The number of morpholine rings is 1. The van der Waals surface area contributed by atoms with E-state index in [0.29, 0.717) is 18.1 Å². The van der Waals surface area contributed by atoms with E-state index in [1.807, 2.05) is 43.3 Å². The molecule has 2 aromatic carbocycles. The zero-order valence-electron chi connectivity index (χ0n) is 18.2. The van der Waals surface area contributed by atoms with Crippen molar-refractivity contribution >= 4 is 17.6 Å². The highest BCUT2D eigenvalue weighted by Gasteiger charge is 2.12. The summed E-state index contributed by atoms with van der Waals surface area (Å²) in [6.07, 6.45) is 0.949. The lowest BCUT2D eigenvalue weighted by atomic mass is 10.1. The van der Waals surface area contributed by atoms with E-state index in [0.717, 1.165) is 50.5 Å². The molecule has 1 aliphatic heterocycles. The number of benzene rings is 2. The van der Waals surface area contributed by atoms with Crippen LogP contribution in [0.25, 0.3) is 0 Å². The molecule has 0 saturated carbocycles. The molecule has 1 fully saturated rings. The molecule has 0 aromatic heterocycles. The van der Waals surface area contributed by atoms with E-state index in [4.69, 9.17) is 4.74 Å². The molecule has 0 spiro atoms. The maximum absolute atomic E-state index is 12.8. The van der Waals surface area contributed by atoms with Crippen molar-refractivity contribution in [3.8, 4) is 0 Å². The van der Waals surface area contributed by atoms with E-state index < -0.39 is 0 Å². The van der Waals surface area contributed by atoms with Gasteiger partial charge in [-0.15, -0.1) is 0 Å². The molecule has 0 aliphatic carbocycles. The molecule has 3 rings (SSSR count). The van der Waals surface area contributed by atoms with E-state index in [-0.39, 0.29) is 5.91 Å².